The molecule has 2 N–H and O–H groups in total. The number of amides is 3. The van der Waals surface area contributed by atoms with Gasteiger partial charge in [0.1, 0.15) is 6.04 Å². The summed E-state index contributed by atoms with van der Waals surface area (Å²) in [5.41, 5.74) is 2.55. The summed E-state index contributed by atoms with van der Waals surface area (Å²) in [5, 5.41) is 4.73. The zero-order valence-electron chi connectivity index (χ0n) is 15.5. The second-order valence-corrected chi connectivity index (χ2v) is 8.12. The lowest BCUT2D eigenvalue weighted by molar-refractivity contribution is -0.139. The standard InChI is InChI=1S/C17H29N5O4S/c23-16(15-5-4-13-10-21(15)17(24)22(13)26-27)19-25-11-12-8-14(9-18-12)20-6-2-1-3-7-20/h12-15,18,27H,1-11H2,(H,19,23)/t12-,13?,14+,15?/m0/s1. The number of fused-ring (bicyclic) bond motifs is 2. The third-order valence-corrected chi connectivity index (χ3v) is 6.45. The van der Waals surface area contributed by atoms with Crippen LogP contribution < -0.4 is 10.8 Å². The van der Waals surface area contributed by atoms with E-state index in [1.54, 1.807) is 0 Å². The first kappa shape index (κ1) is 19.3. The molecule has 0 aromatic heterocycles. The van der Waals surface area contributed by atoms with Crippen LogP contribution in [0, 0.1) is 0 Å². The summed E-state index contributed by atoms with van der Waals surface area (Å²) in [6.45, 7) is 4.28. The summed E-state index contributed by atoms with van der Waals surface area (Å²) in [7, 11) is 0. The summed E-state index contributed by atoms with van der Waals surface area (Å²) in [5.74, 6) is -0.270. The third-order valence-electron chi connectivity index (χ3n) is 6.28. The van der Waals surface area contributed by atoms with Crippen LogP contribution >= 0.6 is 12.9 Å². The van der Waals surface area contributed by atoms with E-state index in [-0.39, 0.29) is 24.0 Å². The second-order valence-electron chi connectivity index (χ2n) is 7.96. The van der Waals surface area contributed by atoms with Gasteiger partial charge in [0.05, 0.1) is 12.6 Å². The third kappa shape index (κ3) is 4.04. The zero-order chi connectivity index (χ0) is 18.8. The highest BCUT2D eigenvalue weighted by Crippen LogP contribution is 2.30. The number of carbonyl (C=O) groups excluding carboxylic acids is 2. The first-order valence-electron chi connectivity index (χ1n) is 9.98. The Labute approximate surface area is 165 Å². The molecule has 0 aromatic carbocycles. The van der Waals surface area contributed by atoms with Gasteiger partial charge in [0, 0.05) is 38.1 Å². The van der Waals surface area contributed by atoms with E-state index in [2.05, 4.69) is 28.6 Å². The molecule has 0 radical (unpaired) electrons. The first-order valence-corrected chi connectivity index (χ1v) is 10.3. The summed E-state index contributed by atoms with van der Waals surface area (Å²) >= 11 is 3.73. The molecule has 4 aliphatic heterocycles. The number of nitrogens with zero attached hydrogens (tertiary/aromatic N) is 3. The lowest BCUT2D eigenvalue weighted by atomic mass is 10.0. The van der Waals surface area contributed by atoms with Crippen LogP contribution in [0.1, 0.15) is 38.5 Å². The molecule has 4 fully saturated rings. The molecule has 2 bridgehead atoms. The van der Waals surface area contributed by atoms with Crippen molar-refractivity contribution in [3.8, 4) is 0 Å². The Balaban J connectivity index is 1.20. The second kappa shape index (κ2) is 8.52. The van der Waals surface area contributed by atoms with Crippen LogP contribution in [0.2, 0.25) is 0 Å². The van der Waals surface area contributed by atoms with Gasteiger partial charge in [-0.3, -0.25) is 14.5 Å². The van der Waals surface area contributed by atoms with Gasteiger partial charge in [0.15, 0.2) is 0 Å². The minimum atomic E-state index is -0.514. The molecule has 4 saturated heterocycles. The minimum absolute atomic E-state index is 0.0330. The first-order chi connectivity index (χ1) is 13.2. The van der Waals surface area contributed by atoms with Gasteiger partial charge in [-0.05, 0) is 45.2 Å². The van der Waals surface area contributed by atoms with Crippen molar-refractivity contribution >= 4 is 24.8 Å². The van der Waals surface area contributed by atoms with Crippen molar-refractivity contribution in [2.45, 2.75) is 62.7 Å². The maximum absolute atomic E-state index is 12.5. The van der Waals surface area contributed by atoms with Crippen molar-refractivity contribution in [2.24, 2.45) is 0 Å². The van der Waals surface area contributed by atoms with Crippen LogP contribution in [0.15, 0.2) is 0 Å². The smallest absolute Gasteiger partial charge is 0.310 e. The van der Waals surface area contributed by atoms with Crippen LogP contribution in [0.25, 0.3) is 0 Å². The normalized spacial score (nSPS) is 34.3. The molecule has 10 heteroatoms. The number of hydrogen-bond donors (Lipinski definition) is 3. The van der Waals surface area contributed by atoms with E-state index in [1.165, 1.54) is 42.3 Å². The molecule has 3 amide bonds. The Morgan fingerprint density at radius 1 is 1.22 bits per heavy atom. The molecule has 0 aromatic rings. The van der Waals surface area contributed by atoms with E-state index < -0.39 is 6.04 Å². The molecule has 4 heterocycles. The molecule has 4 atom stereocenters. The van der Waals surface area contributed by atoms with E-state index in [9.17, 15) is 9.59 Å². The van der Waals surface area contributed by atoms with Gasteiger partial charge >= 0.3 is 6.03 Å². The molecule has 0 spiro atoms. The summed E-state index contributed by atoms with van der Waals surface area (Å²) in [4.78, 5) is 34.3. The number of likely N-dealkylation sites (tertiary alicyclic amines) is 1. The van der Waals surface area contributed by atoms with Crippen LogP contribution in [-0.4, -0.2) is 83.8 Å². The van der Waals surface area contributed by atoms with E-state index in [0.29, 0.717) is 32.0 Å². The minimum Gasteiger partial charge on any atom is -0.310 e. The molecular weight excluding hydrogens is 370 g/mol. The lowest BCUT2D eigenvalue weighted by Crippen LogP contribution is -2.50. The molecule has 0 saturated carbocycles. The van der Waals surface area contributed by atoms with Gasteiger partial charge in [-0.25, -0.2) is 14.6 Å². The van der Waals surface area contributed by atoms with Crippen LogP contribution in [-0.2, 0) is 13.9 Å². The average molecular weight is 400 g/mol. The average Bonchev–Trinajstić information content (AvgIpc) is 3.26. The Kier molecular flexibility index (Phi) is 6.08. The van der Waals surface area contributed by atoms with E-state index in [1.807, 2.05) is 0 Å². The predicted octanol–water partition coefficient (Wildman–Crippen LogP) is 0.296. The number of hydroxylamine groups is 3. The van der Waals surface area contributed by atoms with Gasteiger partial charge in [-0.15, -0.1) is 0 Å². The van der Waals surface area contributed by atoms with Crippen molar-refractivity contribution in [1.29, 1.82) is 0 Å². The Hall–Kier alpha value is -1.07. The molecule has 4 rings (SSSR count). The summed E-state index contributed by atoms with van der Waals surface area (Å²) in [6, 6.07) is -0.0440. The van der Waals surface area contributed by atoms with Gasteiger partial charge in [0.25, 0.3) is 5.91 Å². The number of hydrogen-bond acceptors (Lipinski definition) is 7. The van der Waals surface area contributed by atoms with Crippen molar-refractivity contribution in [1.82, 2.24) is 25.7 Å². The maximum Gasteiger partial charge on any atom is 0.345 e. The molecule has 9 nitrogen and oxygen atoms in total. The SMILES string of the molecule is O=C(NOC[C@@H]1C[C@@H](N2CCCCC2)CN1)C1CCC2CN1C(=O)N2OS. The van der Waals surface area contributed by atoms with Crippen LogP contribution in [0.3, 0.4) is 0 Å². The topological polar surface area (TPSA) is 86.4 Å². The largest absolute Gasteiger partial charge is 0.345 e. The Bertz CT molecular complexity index is 561. The van der Waals surface area contributed by atoms with Crippen molar-refractivity contribution in [3.63, 3.8) is 0 Å². The summed E-state index contributed by atoms with van der Waals surface area (Å²) < 4.78 is 4.84. The van der Waals surface area contributed by atoms with Crippen molar-refractivity contribution < 1.29 is 18.7 Å². The fourth-order valence-corrected chi connectivity index (χ4v) is 4.98. The Morgan fingerprint density at radius 3 is 2.81 bits per heavy atom. The van der Waals surface area contributed by atoms with Gasteiger partial charge in [-0.2, -0.15) is 5.06 Å². The highest BCUT2D eigenvalue weighted by atomic mass is 32.1. The Morgan fingerprint density at radius 2 is 2.04 bits per heavy atom. The van der Waals surface area contributed by atoms with Crippen molar-refractivity contribution in [3.05, 3.63) is 0 Å². The molecular formula is C17H29N5O4S. The fourth-order valence-electron chi connectivity index (χ4n) is 4.78. The van der Waals surface area contributed by atoms with E-state index >= 15 is 0 Å². The highest BCUT2D eigenvalue weighted by Gasteiger charge is 2.48. The maximum atomic E-state index is 12.5. The molecule has 0 aliphatic carbocycles. The molecule has 152 valence electrons. The molecule has 4 aliphatic rings. The fraction of sp³-hybridized carbons (Fsp3) is 0.882. The lowest BCUT2D eigenvalue weighted by Gasteiger charge is -2.31. The van der Waals surface area contributed by atoms with Crippen LogP contribution in [0.4, 0.5) is 4.79 Å². The molecule has 2 unspecified atom stereocenters. The highest BCUT2D eigenvalue weighted by molar-refractivity contribution is 7.75. The zero-order valence-corrected chi connectivity index (χ0v) is 16.4. The molecule has 27 heavy (non-hydrogen) atoms. The quantitative estimate of drug-likeness (QED) is 0.338. The predicted molar refractivity (Wildman–Crippen MR) is 101 cm³/mol. The van der Waals surface area contributed by atoms with E-state index in [4.69, 9.17) is 9.12 Å². The number of carbonyl (C=O) groups is 2. The summed E-state index contributed by atoms with van der Waals surface area (Å²) in [6.07, 6.45) is 6.27. The van der Waals surface area contributed by atoms with Gasteiger partial charge < -0.3 is 10.2 Å². The van der Waals surface area contributed by atoms with Crippen LogP contribution in [0.5, 0.6) is 0 Å². The van der Waals surface area contributed by atoms with Gasteiger partial charge in [-0.1, -0.05) is 6.42 Å². The van der Waals surface area contributed by atoms with Gasteiger partial charge in [0.2, 0.25) is 0 Å². The number of rotatable bonds is 6. The number of urea groups is 1. The van der Waals surface area contributed by atoms with E-state index in [0.717, 1.165) is 13.0 Å². The van der Waals surface area contributed by atoms with Crippen molar-refractivity contribution in [2.75, 3.05) is 32.8 Å². The number of nitrogens with one attached hydrogen (secondary N) is 2. The monoisotopic (exact) mass is 399 g/mol. The number of piperidine rings is 2. The number of thiol groups is 1.